The summed E-state index contributed by atoms with van der Waals surface area (Å²) in [6, 6.07) is 3.23. The van der Waals surface area contributed by atoms with Crippen LogP contribution in [0.3, 0.4) is 0 Å². The van der Waals surface area contributed by atoms with Crippen molar-refractivity contribution in [2.24, 2.45) is 5.73 Å². The summed E-state index contributed by atoms with van der Waals surface area (Å²) in [6.45, 7) is 1.81. The smallest absolute Gasteiger partial charge is 0.304 e. The molecule has 0 aliphatic heterocycles. The number of nitrogens with zero attached hydrogens (tertiary/aromatic N) is 1. The van der Waals surface area contributed by atoms with Gasteiger partial charge in [-0.05, 0) is 12.1 Å². The summed E-state index contributed by atoms with van der Waals surface area (Å²) in [5.41, 5.74) is 5.41. The lowest BCUT2D eigenvalue weighted by atomic mass is 10.3. The van der Waals surface area contributed by atoms with E-state index in [1.807, 2.05) is 6.92 Å². The van der Waals surface area contributed by atoms with Crippen LogP contribution in [0, 0.1) is 0 Å². The zero-order valence-electron chi connectivity index (χ0n) is 8.71. The second-order valence-electron chi connectivity index (χ2n) is 3.28. The molecule has 6 heteroatoms. The van der Waals surface area contributed by atoms with Crippen molar-refractivity contribution in [2.45, 2.75) is 23.6 Å². The molecule has 1 unspecified atom stereocenters. The van der Waals surface area contributed by atoms with Gasteiger partial charge in [-0.2, -0.15) is 0 Å². The first-order chi connectivity index (χ1) is 7.49. The summed E-state index contributed by atoms with van der Waals surface area (Å²) in [4.78, 5) is 25.2. The SMILES string of the molecule is CC(CC(=O)O)Sc1ccc(C(N)=O)cn1. The summed E-state index contributed by atoms with van der Waals surface area (Å²) in [7, 11) is 0. The monoisotopic (exact) mass is 240 g/mol. The summed E-state index contributed by atoms with van der Waals surface area (Å²) >= 11 is 1.35. The number of carbonyl (C=O) groups is 2. The van der Waals surface area contributed by atoms with Crippen molar-refractivity contribution in [2.75, 3.05) is 0 Å². The molecule has 0 saturated heterocycles. The third-order valence-electron chi connectivity index (χ3n) is 1.80. The number of primary amides is 1. The molecule has 16 heavy (non-hydrogen) atoms. The third-order valence-corrected chi connectivity index (χ3v) is 2.86. The highest BCUT2D eigenvalue weighted by Crippen LogP contribution is 2.23. The fourth-order valence-corrected chi connectivity index (χ4v) is 1.99. The Morgan fingerprint density at radius 1 is 1.56 bits per heavy atom. The number of aromatic nitrogens is 1. The minimum absolute atomic E-state index is 0.0653. The van der Waals surface area contributed by atoms with Crippen LogP contribution in [0.25, 0.3) is 0 Å². The molecule has 0 fully saturated rings. The van der Waals surface area contributed by atoms with Gasteiger partial charge in [0, 0.05) is 11.4 Å². The van der Waals surface area contributed by atoms with E-state index in [-0.39, 0.29) is 11.7 Å². The van der Waals surface area contributed by atoms with Crippen molar-refractivity contribution < 1.29 is 14.7 Å². The Bertz CT molecular complexity index is 392. The molecule has 1 heterocycles. The van der Waals surface area contributed by atoms with Gasteiger partial charge >= 0.3 is 5.97 Å². The largest absolute Gasteiger partial charge is 0.481 e. The van der Waals surface area contributed by atoms with Crippen molar-refractivity contribution in [1.82, 2.24) is 4.98 Å². The Hall–Kier alpha value is -1.56. The van der Waals surface area contributed by atoms with Gasteiger partial charge in [-0.3, -0.25) is 9.59 Å². The Kier molecular flexibility index (Phi) is 4.30. The van der Waals surface area contributed by atoms with Crippen LogP contribution in [0.1, 0.15) is 23.7 Å². The number of carbonyl (C=O) groups excluding carboxylic acids is 1. The highest BCUT2D eigenvalue weighted by molar-refractivity contribution is 7.99. The lowest BCUT2D eigenvalue weighted by Crippen LogP contribution is -2.11. The molecule has 0 aliphatic carbocycles. The van der Waals surface area contributed by atoms with E-state index in [0.29, 0.717) is 10.6 Å². The molecule has 1 atom stereocenters. The molecular formula is C10H12N2O3S. The molecule has 1 aromatic rings. The lowest BCUT2D eigenvalue weighted by molar-refractivity contribution is -0.136. The van der Waals surface area contributed by atoms with Gasteiger partial charge in [-0.15, -0.1) is 11.8 Å². The molecule has 0 aliphatic rings. The second-order valence-corrected chi connectivity index (χ2v) is 4.73. The predicted octanol–water partition coefficient (Wildman–Crippen LogP) is 1.14. The number of pyridine rings is 1. The lowest BCUT2D eigenvalue weighted by Gasteiger charge is -2.07. The van der Waals surface area contributed by atoms with Crippen LogP contribution in [0.2, 0.25) is 0 Å². The van der Waals surface area contributed by atoms with E-state index in [1.54, 1.807) is 12.1 Å². The number of hydrogen-bond donors (Lipinski definition) is 2. The van der Waals surface area contributed by atoms with Crippen molar-refractivity contribution in [3.8, 4) is 0 Å². The van der Waals surface area contributed by atoms with E-state index in [2.05, 4.69) is 4.98 Å². The van der Waals surface area contributed by atoms with Crippen LogP contribution in [-0.4, -0.2) is 27.2 Å². The van der Waals surface area contributed by atoms with Crippen molar-refractivity contribution in [3.63, 3.8) is 0 Å². The number of carboxylic acid groups (broad SMARTS) is 1. The van der Waals surface area contributed by atoms with Gasteiger partial charge in [-0.25, -0.2) is 4.98 Å². The summed E-state index contributed by atoms with van der Waals surface area (Å²) in [6.07, 6.45) is 1.46. The van der Waals surface area contributed by atoms with Crippen LogP contribution in [0.5, 0.6) is 0 Å². The molecule has 86 valence electrons. The molecule has 0 spiro atoms. The number of hydrogen-bond acceptors (Lipinski definition) is 4. The molecular weight excluding hydrogens is 228 g/mol. The van der Waals surface area contributed by atoms with Gasteiger partial charge in [0.1, 0.15) is 0 Å². The number of amides is 1. The van der Waals surface area contributed by atoms with Gasteiger partial charge in [0.15, 0.2) is 0 Å². The quantitative estimate of drug-likeness (QED) is 0.753. The van der Waals surface area contributed by atoms with E-state index in [4.69, 9.17) is 10.8 Å². The summed E-state index contributed by atoms with van der Waals surface area (Å²) < 4.78 is 0. The van der Waals surface area contributed by atoms with Gasteiger partial charge in [0.2, 0.25) is 5.91 Å². The second kappa shape index (κ2) is 5.50. The van der Waals surface area contributed by atoms with Gasteiger partial charge in [0.25, 0.3) is 0 Å². The Labute approximate surface area is 97.1 Å². The molecule has 1 aromatic heterocycles. The molecule has 0 radical (unpaired) electrons. The average Bonchev–Trinajstić information content (AvgIpc) is 2.16. The maximum atomic E-state index is 10.8. The first kappa shape index (κ1) is 12.5. The number of nitrogens with two attached hydrogens (primary N) is 1. The number of thioether (sulfide) groups is 1. The molecule has 3 N–H and O–H groups in total. The zero-order valence-corrected chi connectivity index (χ0v) is 9.53. The minimum atomic E-state index is -0.839. The van der Waals surface area contributed by atoms with E-state index in [0.717, 1.165) is 0 Å². The minimum Gasteiger partial charge on any atom is -0.481 e. The van der Waals surface area contributed by atoms with Gasteiger partial charge in [0.05, 0.1) is 17.0 Å². The fourth-order valence-electron chi connectivity index (χ4n) is 1.09. The predicted molar refractivity (Wildman–Crippen MR) is 60.3 cm³/mol. The van der Waals surface area contributed by atoms with E-state index < -0.39 is 11.9 Å². The number of rotatable bonds is 5. The van der Waals surface area contributed by atoms with E-state index >= 15 is 0 Å². The van der Waals surface area contributed by atoms with Gasteiger partial charge in [-0.1, -0.05) is 6.92 Å². The third kappa shape index (κ3) is 3.90. The van der Waals surface area contributed by atoms with E-state index in [9.17, 15) is 9.59 Å². The molecule has 1 rings (SSSR count). The first-order valence-electron chi connectivity index (χ1n) is 4.63. The van der Waals surface area contributed by atoms with Crippen LogP contribution in [0.15, 0.2) is 23.4 Å². The van der Waals surface area contributed by atoms with Crippen LogP contribution < -0.4 is 5.73 Å². The highest BCUT2D eigenvalue weighted by atomic mass is 32.2. The van der Waals surface area contributed by atoms with Crippen LogP contribution >= 0.6 is 11.8 Å². The fraction of sp³-hybridized carbons (Fsp3) is 0.300. The zero-order chi connectivity index (χ0) is 12.1. The molecule has 0 saturated carbocycles. The standard InChI is InChI=1S/C10H12N2O3S/c1-6(4-9(13)14)16-8-3-2-7(5-12-8)10(11)15/h2-3,5-6H,4H2,1H3,(H2,11,15)(H,13,14). The maximum absolute atomic E-state index is 10.8. The Balaban J connectivity index is 2.61. The molecule has 0 bridgehead atoms. The average molecular weight is 240 g/mol. The normalized spacial score (nSPS) is 12.1. The maximum Gasteiger partial charge on any atom is 0.304 e. The molecule has 1 amide bonds. The Morgan fingerprint density at radius 3 is 2.69 bits per heavy atom. The first-order valence-corrected chi connectivity index (χ1v) is 5.51. The topological polar surface area (TPSA) is 93.3 Å². The van der Waals surface area contributed by atoms with Gasteiger partial charge < -0.3 is 10.8 Å². The highest BCUT2D eigenvalue weighted by Gasteiger charge is 2.10. The summed E-state index contributed by atoms with van der Waals surface area (Å²) in [5.74, 6) is -1.36. The molecule has 0 aromatic carbocycles. The van der Waals surface area contributed by atoms with Crippen LogP contribution in [-0.2, 0) is 4.79 Å². The van der Waals surface area contributed by atoms with Crippen molar-refractivity contribution >= 4 is 23.6 Å². The van der Waals surface area contributed by atoms with E-state index in [1.165, 1.54) is 18.0 Å². The Morgan fingerprint density at radius 2 is 2.25 bits per heavy atom. The number of carboxylic acids is 1. The number of aliphatic carboxylic acids is 1. The summed E-state index contributed by atoms with van der Waals surface area (Å²) in [5, 5.41) is 9.20. The van der Waals surface area contributed by atoms with Crippen molar-refractivity contribution in [3.05, 3.63) is 23.9 Å². The molecule has 5 nitrogen and oxygen atoms in total. The van der Waals surface area contributed by atoms with Crippen molar-refractivity contribution in [1.29, 1.82) is 0 Å². The van der Waals surface area contributed by atoms with Crippen LogP contribution in [0.4, 0.5) is 0 Å².